The Morgan fingerprint density at radius 1 is 0.914 bits per heavy atom. The quantitative estimate of drug-likeness (QED) is 0.286. The average molecular weight is 493 g/mol. The number of aliphatic carboxylic acids is 1. The van der Waals surface area contributed by atoms with E-state index >= 15 is 0 Å². The van der Waals surface area contributed by atoms with Crippen molar-refractivity contribution in [2.45, 2.75) is 57.4 Å². The summed E-state index contributed by atoms with van der Waals surface area (Å²) < 4.78 is 20.6. The largest absolute Gasteiger partial charge is 0.479 e. The fraction of sp³-hybridized carbons (Fsp3) is 0.455. The Morgan fingerprint density at radius 2 is 1.40 bits per heavy atom. The summed E-state index contributed by atoms with van der Waals surface area (Å²) in [7, 11) is 0. The summed E-state index contributed by atoms with van der Waals surface area (Å²) in [4.78, 5) is 73.3. The van der Waals surface area contributed by atoms with E-state index in [2.05, 4.69) is 0 Å². The van der Waals surface area contributed by atoms with Crippen molar-refractivity contribution in [3.63, 3.8) is 0 Å². The smallest absolute Gasteiger partial charge is 0.337 e. The summed E-state index contributed by atoms with van der Waals surface area (Å²) in [6, 6.07) is 6.03. The number of imide groups is 1. The van der Waals surface area contributed by atoms with Crippen LogP contribution in [0, 0.1) is 0 Å². The zero-order chi connectivity index (χ0) is 26.1. The van der Waals surface area contributed by atoms with Crippen LogP contribution < -0.4 is 0 Å². The molecule has 1 aromatic rings. The fourth-order valence-corrected chi connectivity index (χ4v) is 4.04. The van der Waals surface area contributed by atoms with E-state index in [9.17, 15) is 39.0 Å². The third-order valence-corrected chi connectivity index (χ3v) is 5.41. The molecule has 188 valence electrons. The molecule has 2 aliphatic heterocycles. The Morgan fingerprint density at radius 3 is 1.86 bits per heavy atom. The van der Waals surface area contributed by atoms with Crippen LogP contribution in [0.5, 0.6) is 0 Å². The number of hydrogen-bond acceptors (Lipinski definition) is 11. The van der Waals surface area contributed by atoms with Gasteiger partial charge in [-0.15, -0.1) is 0 Å². The highest BCUT2D eigenvalue weighted by atomic mass is 16.7. The zero-order valence-corrected chi connectivity index (χ0v) is 19.0. The minimum absolute atomic E-state index is 0.140. The number of carbonyl (C=O) groups excluding carboxylic acids is 5. The van der Waals surface area contributed by atoms with E-state index in [1.165, 1.54) is 12.1 Å². The second-order valence-corrected chi connectivity index (χ2v) is 7.96. The summed E-state index contributed by atoms with van der Waals surface area (Å²) >= 11 is 0. The van der Waals surface area contributed by atoms with Crippen LogP contribution in [0.2, 0.25) is 0 Å². The van der Waals surface area contributed by atoms with Gasteiger partial charge < -0.3 is 29.2 Å². The molecule has 0 unspecified atom stereocenters. The number of ether oxygens (including phenoxy) is 4. The highest BCUT2D eigenvalue weighted by Gasteiger charge is 2.61. The second kappa shape index (κ2) is 9.80. The molecular weight excluding hydrogens is 470 g/mol. The number of rotatable bonds is 7. The first-order chi connectivity index (χ1) is 16.4. The van der Waals surface area contributed by atoms with E-state index in [0.29, 0.717) is 0 Å². The average Bonchev–Trinajstić information content (AvgIpc) is 3.00. The van der Waals surface area contributed by atoms with Crippen LogP contribution in [-0.2, 0) is 38.1 Å². The highest BCUT2D eigenvalue weighted by molar-refractivity contribution is 6.21. The molecule has 0 bridgehead atoms. The molecule has 3 rings (SSSR count). The molecule has 2 aliphatic rings. The highest BCUT2D eigenvalue weighted by Crippen LogP contribution is 2.37. The van der Waals surface area contributed by atoms with Gasteiger partial charge in [0.15, 0.2) is 24.4 Å². The van der Waals surface area contributed by atoms with Gasteiger partial charge in [-0.25, -0.2) is 4.79 Å². The molecule has 2 heterocycles. The summed E-state index contributed by atoms with van der Waals surface area (Å²) in [5.74, 6) is -8.55. The molecule has 0 saturated carbocycles. The first-order valence-corrected chi connectivity index (χ1v) is 10.5. The lowest BCUT2D eigenvalue weighted by molar-refractivity contribution is -0.346. The maximum atomic E-state index is 12.7. The SMILES string of the molecule is CC(=O)O[C@H]1[C@H](OC(C)=O)[C@@H](OC(C)=O)[C@@](O)(CCN2C(=O)c3ccccc3C2=O)O[C@@H]1C(=O)O. The van der Waals surface area contributed by atoms with Crippen LogP contribution in [-0.4, -0.2) is 87.6 Å². The minimum Gasteiger partial charge on any atom is -0.479 e. The van der Waals surface area contributed by atoms with Crippen molar-refractivity contribution >= 4 is 35.7 Å². The number of amides is 2. The number of fused-ring (bicyclic) bond motifs is 1. The number of carboxylic acids is 1. The first kappa shape index (κ1) is 25.8. The molecule has 1 aromatic carbocycles. The van der Waals surface area contributed by atoms with Crippen LogP contribution in [0.4, 0.5) is 0 Å². The lowest BCUT2D eigenvalue weighted by Gasteiger charge is -2.47. The van der Waals surface area contributed by atoms with Crippen molar-refractivity contribution in [2.75, 3.05) is 6.54 Å². The summed E-state index contributed by atoms with van der Waals surface area (Å²) in [6.07, 6.45) is -8.15. The van der Waals surface area contributed by atoms with Gasteiger partial charge in [0.2, 0.25) is 5.79 Å². The summed E-state index contributed by atoms with van der Waals surface area (Å²) in [6.45, 7) is 2.43. The van der Waals surface area contributed by atoms with Crippen molar-refractivity contribution in [1.29, 1.82) is 0 Å². The monoisotopic (exact) mass is 493 g/mol. The van der Waals surface area contributed by atoms with Crippen molar-refractivity contribution in [1.82, 2.24) is 4.90 Å². The predicted octanol–water partition coefficient (Wildman–Crippen LogP) is -0.360. The molecule has 2 amide bonds. The molecule has 1 fully saturated rings. The number of esters is 3. The number of aliphatic hydroxyl groups is 1. The van der Waals surface area contributed by atoms with Crippen LogP contribution in [0.25, 0.3) is 0 Å². The Kier molecular flexibility index (Phi) is 7.22. The maximum Gasteiger partial charge on any atom is 0.337 e. The number of carboxylic acid groups (broad SMARTS) is 1. The minimum atomic E-state index is -2.67. The van der Waals surface area contributed by atoms with Crippen molar-refractivity contribution in [3.05, 3.63) is 35.4 Å². The molecule has 0 radical (unpaired) electrons. The molecule has 13 nitrogen and oxygen atoms in total. The van der Waals surface area contributed by atoms with Gasteiger partial charge in [-0.2, -0.15) is 0 Å². The van der Waals surface area contributed by atoms with E-state index in [4.69, 9.17) is 18.9 Å². The maximum absolute atomic E-state index is 12.7. The first-order valence-electron chi connectivity index (χ1n) is 10.5. The standard InChI is InChI=1S/C22H23NO12/c1-10(24)32-15-16(33-11(2)25)18(34-12(3)26)22(31,35-17(15)21(29)30)8-9-23-19(27)13-6-4-5-7-14(13)20(23)28/h4-7,15-18,31H,8-9H2,1-3H3,(H,29,30)/t15-,16-,17-,18+,22+/m0/s1. The fourth-order valence-electron chi connectivity index (χ4n) is 4.04. The number of nitrogens with zero attached hydrogens (tertiary/aromatic N) is 1. The van der Waals surface area contributed by atoms with Gasteiger partial charge in [0.1, 0.15) is 0 Å². The van der Waals surface area contributed by atoms with E-state index in [1.54, 1.807) is 12.1 Å². The number of hydrogen-bond donors (Lipinski definition) is 2. The third kappa shape index (κ3) is 5.15. The normalized spacial score (nSPS) is 27.7. The molecular formula is C22H23NO12. The summed E-state index contributed by atoms with van der Waals surface area (Å²) in [5, 5.41) is 21.0. The van der Waals surface area contributed by atoms with Gasteiger partial charge in [-0.3, -0.25) is 28.9 Å². The topological polar surface area (TPSA) is 183 Å². The lowest BCUT2D eigenvalue weighted by Crippen LogP contribution is -2.69. The molecule has 0 spiro atoms. The Bertz CT molecular complexity index is 1050. The summed E-state index contributed by atoms with van der Waals surface area (Å²) in [5.41, 5.74) is 0.281. The van der Waals surface area contributed by atoms with Crippen molar-refractivity contribution in [3.8, 4) is 0 Å². The molecule has 2 N–H and O–H groups in total. The van der Waals surface area contributed by atoms with Gasteiger partial charge in [0.25, 0.3) is 11.8 Å². The Labute approximate surface area is 198 Å². The number of benzene rings is 1. The molecule has 0 aromatic heterocycles. The van der Waals surface area contributed by atoms with Gasteiger partial charge in [-0.1, -0.05) is 12.1 Å². The Hall–Kier alpha value is -3.84. The third-order valence-electron chi connectivity index (χ3n) is 5.41. The van der Waals surface area contributed by atoms with Gasteiger partial charge in [0, 0.05) is 33.7 Å². The van der Waals surface area contributed by atoms with E-state index in [1.807, 2.05) is 0 Å². The van der Waals surface area contributed by atoms with E-state index in [0.717, 1.165) is 25.7 Å². The molecule has 1 saturated heterocycles. The van der Waals surface area contributed by atoms with E-state index < -0.39 is 78.9 Å². The van der Waals surface area contributed by atoms with Crippen molar-refractivity contribution < 1.29 is 57.9 Å². The van der Waals surface area contributed by atoms with Gasteiger partial charge in [-0.05, 0) is 12.1 Å². The van der Waals surface area contributed by atoms with Gasteiger partial charge >= 0.3 is 23.9 Å². The van der Waals surface area contributed by atoms with E-state index in [-0.39, 0.29) is 11.1 Å². The predicted molar refractivity (Wildman–Crippen MR) is 111 cm³/mol. The van der Waals surface area contributed by atoms with Crippen LogP contribution in [0.1, 0.15) is 47.9 Å². The van der Waals surface area contributed by atoms with Crippen molar-refractivity contribution in [2.24, 2.45) is 0 Å². The van der Waals surface area contributed by atoms with Gasteiger partial charge in [0.05, 0.1) is 11.1 Å². The lowest BCUT2D eigenvalue weighted by atomic mass is 9.89. The molecule has 0 aliphatic carbocycles. The number of carbonyl (C=O) groups is 6. The molecule has 35 heavy (non-hydrogen) atoms. The molecule has 13 heteroatoms. The van der Waals surface area contributed by atoms with Crippen LogP contribution >= 0.6 is 0 Å². The van der Waals surface area contributed by atoms with Crippen LogP contribution in [0.3, 0.4) is 0 Å². The Balaban J connectivity index is 1.97. The zero-order valence-electron chi connectivity index (χ0n) is 19.0. The molecule has 5 atom stereocenters. The second-order valence-electron chi connectivity index (χ2n) is 7.96. The van der Waals surface area contributed by atoms with Crippen LogP contribution in [0.15, 0.2) is 24.3 Å².